The van der Waals surface area contributed by atoms with Crippen molar-refractivity contribution in [3.05, 3.63) is 0 Å². The van der Waals surface area contributed by atoms with Crippen molar-refractivity contribution in [1.29, 1.82) is 0 Å². The van der Waals surface area contributed by atoms with Gasteiger partial charge in [0.25, 0.3) is 0 Å². The Bertz CT molecular complexity index is 327. The molecule has 0 radical (unpaired) electrons. The molecule has 19 heavy (non-hydrogen) atoms. The van der Waals surface area contributed by atoms with Gasteiger partial charge in [-0.05, 0) is 58.4 Å². The molecule has 0 aromatic rings. The maximum atomic E-state index is 11.6. The van der Waals surface area contributed by atoms with Crippen molar-refractivity contribution in [3.8, 4) is 0 Å². The Morgan fingerprint density at radius 1 is 1.47 bits per heavy atom. The SMILES string of the molecule is CC(C)(C)OC(=O)NCC(CN)C1CC2CCC1O2. The molecule has 1 amide bonds. The quantitative estimate of drug-likeness (QED) is 0.814. The minimum Gasteiger partial charge on any atom is -0.444 e. The van der Waals surface area contributed by atoms with E-state index in [1.165, 1.54) is 6.42 Å². The fraction of sp³-hybridized carbons (Fsp3) is 0.929. The molecular weight excluding hydrogens is 244 g/mol. The van der Waals surface area contributed by atoms with Gasteiger partial charge in [0.05, 0.1) is 12.2 Å². The standard InChI is InChI=1S/C14H26N2O3/c1-14(2,3)19-13(17)16-8-9(7-15)11-6-10-4-5-12(11)18-10/h9-12H,4-8,15H2,1-3H3,(H,16,17). The van der Waals surface area contributed by atoms with E-state index in [-0.39, 0.29) is 12.0 Å². The van der Waals surface area contributed by atoms with Gasteiger partial charge >= 0.3 is 6.09 Å². The Morgan fingerprint density at radius 3 is 2.68 bits per heavy atom. The molecule has 2 aliphatic rings. The molecule has 0 aromatic heterocycles. The molecule has 2 bridgehead atoms. The molecule has 2 saturated heterocycles. The van der Waals surface area contributed by atoms with Gasteiger partial charge in [-0.25, -0.2) is 4.79 Å². The predicted octanol–water partition coefficient (Wildman–Crippen LogP) is 1.65. The lowest BCUT2D eigenvalue weighted by Crippen LogP contribution is -2.41. The van der Waals surface area contributed by atoms with Crippen LogP contribution in [0, 0.1) is 11.8 Å². The van der Waals surface area contributed by atoms with E-state index in [0.29, 0.717) is 31.2 Å². The molecule has 5 nitrogen and oxygen atoms in total. The van der Waals surface area contributed by atoms with Gasteiger partial charge in [-0.2, -0.15) is 0 Å². The van der Waals surface area contributed by atoms with Crippen LogP contribution in [-0.2, 0) is 9.47 Å². The van der Waals surface area contributed by atoms with E-state index in [0.717, 1.165) is 12.8 Å². The van der Waals surface area contributed by atoms with Gasteiger partial charge in [0.1, 0.15) is 5.60 Å². The molecule has 4 unspecified atom stereocenters. The first-order chi connectivity index (χ1) is 8.89. The van der Waals surface area contributed by atoms with Crippen LogP contribution < -0.4 is 11.1 Å². The first-order valence-corrected chi connectivity index (χ1v) is 7.21. The van der Waals surface area contributed by atoms with Crippen molar-refractivity contribution in [2.24, 2.45) is 17.6 Å². The Morgan fingerprint density at radius 2 is 2.21 bits per heavy atom. The van der Waals surface area contributed by atoms with E-state index in [1.807, 2.05) is 20.8 Å². The van der Waals surface area contributed by atoms with Gasteiger partial charge < -0.3 is 20.5 Å². The second-order valence-electron chi connectivity index (χ2n) is 6.65. The fourth-order valence-electron chi connectivity index (χ4n) is 3.11. The molecule has 3 N–H and O–H groups in total. The fourth-order valence-corrected chi connectivity index (χ4v) is 3.11. The monoisotopic (exact) mass is 270 g/mol. The summed E-state index contributed by atoms with van der Waals surface area (Å²) in [5, 5.41) is 2.83. The summed E-state index contributed by atoms with van der Waals surface area (Å²) in [4.78, 5) is 11.6. The number of nitrogens with two attached hydrogens (primary N) is 1. The van der Waals surface area contributed by atoms with Crippen LogP contribution in [0.4, 0.5) is 4.79 Å². The zero-order valence-corrected chi connectivity index (χ0v) is 12.1. The number of nitrogens with one attached hydrogen (secondary N) is 1. The molecule has 2 aliphatic heterocycles. The van der Waals surface area contributed by atoms with Crippen molar-refractivity contribution < 1.29 is 14.3 Å². The van der Waals surface area contributed by atoms with E-state index < -0.39 is 5.60 Å². The zero-order valence-electron chi connectivity index (χ0n) is 12.1. The first kappa shape index (κ1) is 14.6. The smallest absolute Gasteiger partial charge is 0.407 e. The summed E-state index contributed by atoms with van der Waals surface area (Å²) >= 11 is 0. The van der Waals surface area contributed by atoms with E-state index in [1.54, 1.807) is 0 Å². The van der Waals surface area contributed by atoms with E-state index in [4.69, 9.17) is 15.2 Å². The number of carbonyl (C=O) groups is 1. The maximum Gasteiger partial charge on any atom is 0.407 e. The number of hydrogen-bond acceptors (Lipinski definition) is 4. The third-order valence-corrected chi connectivity index (χ3v) is 3.97. The third-order valence-electron chi connectivity index (χ3n) is 3.97. The van der Waals surface area contributed by atoms with Crippen molar-refractivity contribution in [2.75, 3.05) is 13.1 Å². The molecule has 2 fully saturated rings. The summed E-state index contributed by atoms with van der Waals surface area (Å²) in [5.74, 6) is 0.765. The number of alkyl carbamates (subject to hydrolysis) is 1. The Balaban J connectivity index is 1.78. The van der Waals surface area contributed by atoms with Crippen LogP contribution in [0.25, 0.3) is 0 Å². The van der Waals surface area contributed by atoms with Gasteiger partial charge in [0.2, 0.25) is 0 Å². The number of fused-ring (bicyclic) bond motifs is 2. The normalized spacial score (nSPS) is 31.3. The Labute approximate surface area is 115 Å². The number of hydrogen-bond donors (Lipinski definition) is 2. The molecule has 110 valence electrons. The predicted molar refractivity (Wildman–Crippen MR) is 72.8 cm³/mol. The van der Waals surface area contributed by atoms with E-state index in [2.05, 4.69) is 5.32 Å². The molecule has 2 rings (SSSR count). The average Bonchev–Trinajstić information content (AvgIpc) is 2.89. The average molecular weight is 270 g/mol. The van der Waals surface area contributed by atoms with Crippen molar-refractivity contribution in [1.82, 2.24) is 5.32 Å². The van der Waals surface area contributed by atoms with Crippen molar-refractivity contribution in [3.63, 3.8) is 0 Å². The summed E-state index contributed by atoms with van der Waals surface area (Å²) in [6, 6.07) is 0. The van der Waals surface area contributed by atoms with Crippen LogP contribution in [0.5, 0.6) is 0 Å². The van der Waals surface area contributed by atoms with Gasteiger partial charge in [-0.15, -0.1) is 0 Å². The lowest BCUT2D eigenvalue weighted by atomic mass is 9.80. The lowest BCUT2D eigenvalue weighted by molar-refractivity contribution is 0.0497. The topological polar surface area (TPSA) is 73.6 Å². The summed E-state index contributed by atoms with van der Waals surface area (Å²) < 4.78 is 11.1. The Hall–Kier alpha value is -0.810. The van der Waals surface area contributed by atoms with Crippen LogP contribution in [0.1, 0.15) is 40.0 Å². The summed E-state index contributed by atoms with van der Waals surface area (Å²) in [7, 11) is 0. The summed E-state index contributed by atoms with van der Waals surface area (Å²) in [6.45, 7) is 6.72. The first-order valence-electron chi connectivity index (χ1n) is 7.21. The van der Waals surface area contributed by atoms with E-state index in [9.17, 15) is 4.79 Å². The highest BCUT2D eigenvalue weighted by Crippen LogP contribution is 2.42. The number of amides is 1. The van der Waals surface area contributed by atoms with Gasteiger partial charge in [0.15, 0.2) is 0 Å². The molecule has 0 saturated carbocycles. The highest BCUT2D eigenvalue weighted by Gasteiger charge is 2.43. The number of ether oxygens (including phenoxy) is 2. The maximum absolute atomic E-state index is 11.6. The minimum atomic E-state index is -0.460. The number of carbonyl (C=O) groups excluding carboxylic acids is 1. The highest BCUT2D eigenvalue weighted by atomic mass is 16.6. The molecule has 4 atom stereocenters. The van der Waals surface area contributed by atoms with Crippen molar-refractivity contribution >= 4 is 6.09 Å². The molecule has 2 heterocycles. The summed E-state index contributed by atoms with van der Waals surface area (Å²) in [6.07, 6.45) is 3.80. The second-order valence-corrected chi connectivity index (χ2v) is 6.65. The van der Waals surface area contributed by atoms with Crippen LogP contribution in [0.15, 0.2) is 0 Å². The van der Waals surface area contributed by atoms with Gasteiger partial charge in [-0.1, -0.05) is 0 Å². The molecule has 0 aromatic carbocycles. The summed E-state index contributed by atoms with van der Waals surface area (Å²) in [5.41, 5.74) is 5.39. The van der Waals surface area contributed by atoms with E-state index >= 15 is 0 Å². The Kier molecular flexibility index (Phi) is 4.36. The van der Waals surface area contributed by atoms with Crippen LogP contribution in [0.2, 0.25) is 0 Å². The van der Waals surface area contributed by atoms with Crippen LogP contribution >= 0.6 is 0 Å². The largest absolute Gasteiger partial charge is 0.444 e. The zero-order chi connectivity index (χ0) is 14.0. The van der Waals surface area contributed by atoms with Gasteiger partial charge in [0, 0.05) is 6.54 Å². The van der Waals surface area contributed by atoms with Crippen LogP contribution in [-0.4, -0.2) is 37.0 Å². The minimum absolute atomic E-state index is 0.280. The molecular formula is C14H26N2O3. The van der Waals surface area contributed by atoms with Crippen LogP contribution in [0.3, 0.4) is 0 Å². The highest BCUT2D eigenvalue weighted by molar-refractivity contribution is 5.67. The molecule has 5 heteroatoms. The molecule has 0 spiro atoms. The van der Waals surface area contributed by atoms with Gasteiger partial charge in [-0.3, -0.25) is 0 Å². The number of rotatable bonds is 4. The second kappa shape index (κ2) is 5.67. The van der Waals surface area contributed by atoms with Crippen molar-refractivity contribution in [2.45, 2.75) is 57.8 Å². The third kappa shape index (κ3) is 3.83. The lowest BCUT2D eigenvalue weighted by Gasteiger charge is -2.28. The molecule has 0 aliphatic carbocycles.